The number of hydrogen-bond donors (Lipinski definition) is 1. The van der Waals surface area contributed by atoms with E-state index in [9.17, 15) is 13.2 Å². The second-order valence-corrected chi connectivity index (χ2v) is 8.89. The number of benzene rings is 2. The Morgan fingerprint density at radius 3 is 2.44 bits per heavy atom. The maximum absolute atomic E-state index is 13.3. The highest BCUT2D eigenvalue weighted by atomic mass is 32.2. The third-order valence-electron chi connectivity index (χ3n) is 4.97. The first kappa shape index (κ1) is 19.6. The molecule has 1 aliphatic rings. The summed E-state index contributed by atoms with van der Waals surface area (Å²) in [7, 11) is -3.77. The summed E-state index contributed by atoms with van der Waals surface area (Å²) in [6.07, 6.45) is 2.23. The van der Waals surface area contributed by atoms with Gasteiger partial charge in [0.1, 0.15) is 6.04 Å². The molecule has 5 nitrogen and oxygen atoms in total. The first-order valence-corrected chi connectivity index (χ1v) is 10.8. The molecule has 0 aliphatic carbocycles. The molecule has 1 N–H and O–H groups in total. The SMILES string of the molecule is CCCCNC(=O)C1Cc2ccccc2CN1S(=O)(=O)c1ccc(C)cc1. The molecule has 1 heterocycles. The normalized spacial score (nSPS) is 17.3. The van der Waals surface area contributed by atoms with E-state index in [1.165, 1.54) is 4.31 Å². The van der Waals surface area contributed by atoms with E-state index < -0.39 is 16.1 Å². The smallest absolute Gasteiger partial charge is 0.244 e. The zero-order chi connectivity index (χ0) is 19.4. The van der Waals surface area contributed by atoms with Gasteiger partial charge in [0.15, 0.2) is 0 Å². The van der Waals surface area contributed by atoms with Gasteiger partial charge in [-0.3, -0.25) is 4.79 Å². The molecule has 1 atom stereocenters. The summed E-state index contributed by atoms with van der Waals surface area (Å²) in [6, 6.07) is 13.8. The third kappa shape index (κ3) is 4.22. The van der Waals surface area contributed by atoms with E-state index in [1.54, 1.807) is 24.3 Å². The first-order valence-electron chi connectivity index (χ1n) is 9.36. The average Bonchev–Trinajstić information content (AvgIpc) is 2.67. The molecule has 0 aromatic heterocycles. The molecule has 144 valence electrons. The van der Waals surface area contributed by atoms with E-state index in [0.29, 0.717) is 13.0 Å². The predicted octanol–water partition coefficient (Wildman–Crippen LogP) is 3.03. The molecule has 2 aromatic carbocycles. The van der Waals surface area contributed by atoms with Crippen LogP contribution in [0, 0.1) is 6.92 Å². The number of aryl methyl sites for hydroxylation is 1. The molecule has 1 unspecified atom stereocenters. The Hall–Kier alpha value is -2.18. The summed E-state index contributed by atoms with van der Waals surface area (Å²) in [6.45, 7) is 4.73. The van der Waals surface area contributed by atoms with Crippen LogP contribution in [0.2, 0.25) is 0 Å². The van der Waals surface area contributed by atoms with Gasteiger partial charge in [0.05, 0.1) is 4.90 Å². The van der Waals surface area contributed by atoms with Crippen LogP contribution in [0.25, 0.3) is 0 Å². The maximum Gasteiger partial charge on any atom is 0.244 e. The van der Waals surface area contributed by atoms with Crippen molar-refractivity contribution in [3.63, 3.8) is 0 Å². The van der Waals surface area contributed by atoms with E-state index >= 15 is 0 Å². The lowest BCUT2D eigenvalue weighted by atomic mass is 9.95. The number of carbonyl (C=O) groups is 1. The maximum atomic E-state index is 13.3. The minimum Gasteiger partial charge on any atom is -0.355 e. The minimum absolute atomic E-state index is 0.207. The molecule has 3 rings (SSSR count). The minimum atomic E-state index is -3.77. The standard InChI is InChI=1S/C21H26N2O3S/c1-3-4-13-22-21(24)20-14-17-7-5-6-8-18(17)15-23(20)27(25,26)19-11-9-16(2)10-12-19/h5-12,20H,3-4,13-15H2,1-2H3,(H,22,24). The van der Waals surface area contributed by atoms with Crippen molar-refractivity contribution in [2.75, 3.05) is 6.54 Å². The van der Waals surface area contributed by atoms with Crippen molar-refractivity contribution in [3.8, 4) is 0 Å². The van der Waals surface area contributed by atoms with Gasteiger partial charge in [-0.05, 0) is 43.0 Å². The fourth-order valence-corrected chi connectivity index (χ4v) is 4.89. The molecular formula is C21H26N2O3S. The molecule has 27 heavy (non-hydrogen) atoms. The van der Waals surface area contributed by atoms with E-state index in [2.05, 4.69) is 12.2 Å². The molecule has 0 bridgehead atoms. The number of nitrogens with zero attached hydrogens (tertiary/aromatic N) is 1. The van der Waals surface area contributed by atoms with Crippen LogP contribution in [0.15, 0.2) is 53.4 Å². The Morgan fingerprint density at radius 1 is 1.11 bits per heavy atom. The molecule has 0 spiro atoms. The van der Waals surface area contributed by atoms with Gasteiger partial charge in [0, 0.05) is 13.1 Å². The lowest BCUT2D eigenvalue weighted by Crippen LogP contribution is -2.52. The van der Waals surface area contributed by atoms with Crippen molar-refractivity contribution in [1.29, 1.82) is 0 Å². The summed E-state index contributed by atoms with van der Waals surface area (Å²) in [5.41, 5.74) is 2.97. The Bertz CT molecular complexity index is 907. The van der Waals surface area contributed by atoms with Crippen molar-refractivity contribution in [3.05, 3.63) is 65.2 Å². The van der Waals surface area contributed by atoms with Crippen LogP contribution in [0.1, 0.15) is 36.5 Å². The van der Waals surface area contributed by atoms with Gasteiger partial charge in [0.2, 0.25) is 15.9 Å². The van der Waals surface area contributed by atoms with E-state index in [-0.39, 0.29) is 17.3 Å². The highest BCUT2D eigenvalue weighted by molar-refractivity contribution is 7.89. The van der Waals surface area contributed by atoms with Crippen molar-refractivity contribution in [2.45, 2.75) is 50.6 Å². The second kappa shape index (κ2) is 8.23. The van der Waals surface area contributed by atoms with Gasteiger partial charge in [-0.1, -0.05) is 55.3 Å². The number of amides is 1. The van der Waals surface area contributed by atoms with Crippen LogP contribution >= 0.6 is 0 Å². The highest BCUT2D eigenvalue weighted by Gasteiger charge is 2.39. The number of carbonyl (C=O) groups excluding carboxylic acids is 1. The zero-order valence-electron chi connectivity index (χ0n) is 15.8. The van der Waals surface area contributed by atoms with Gasteiger partial charge < -0.3 is 5.32 Å². The van der Waals surface area contributed by atoms with E-state index in [4.69, 9.17) is 0 Å². The predicted molar refractivity (Wildman–Crippen MR) is 106 cm³/mol. The fraction of sp³-hybridized carbons (Fsp3) is 0.381. The van der Waals surface area contributed by atoms with Crippen LogP contribution in [0.3, 0.4) is 0 Å². The number of hydrogen-bond acceptors (Lipinski definition) is 3. The number of rotatable bonds is 6. The molecule has 0 saturated heterocycles. The van der Waals surface area contributed by atoms with Crippen LogP contribution in [-0.2, 0) is 27.8 Å². The van der Waals surface area contributed by atoms with Gasteiger partial charge in [-0.2, -0.15) is 4.31 Å². The monoisotopic (exact) mass is 386 g/mol. The van der Waals surface area contributed by atoms with Crippen LogP contribution in [0.5, 0.6) is 0 Å². The Kier molecular flexibility index (Phi) is 5.97. The van der Waals surface area contributed by atoms with Gasteiger partial charge >= 0.3 is 0 Å². The number of nitrogens with one attached hydrogen (secondary N) is 1. The summed E-state index contributed by atoms with van der Waals surface area (Å²) in [5, 5.41) is 2.90. The molecular weight excluding hydrogens is 360 g/mol. The Balaban J connectivity index is 1.95. The molecule has 6 heteroatoms. The molecule has 2 aromatic rings. The summed E-state index contributed by atoms with van der Waals surface area (Å²) in [5.74, 6) is -0.228. The van der Waals surface area contributed by atoms with Crippen LogP contribution in [0.4, 0.5) is 0 Å². The topological polar surface area (TPSA) is 66.5 Å². The van der Waals surface area contributed by atoms with Gasteiger partial charge in [0.25, 0.3) is 0 Å². The lowest BCUT2D eigenvalue weighted by molar-refractivity contribution is -0.125. The van der Waals surface area contributed by atoms with Crippen LogP contribution in [-0.4, -0.2) is 31.2 Å². The number of fused-ring (bicyclic) bond motifs is 1. The van der Waals surface area contributed by atoms with Crippen molar-refractivity contribution < 1.29 is 13.2 Å². The summed E-state index contributed by atoms with van der Waals surface area (Å²) >= 11 is 0. The molecule has 0 fully saturated rings. The molecule has 0 saturated carbocycles. The quantitative estimate of drug-likeness (QED) is 0.776. The number of sulfonamides is 1. The Morgan fingerprint density at radius 2 is 1.78 bits per heavy atom. The van der Waals surface area contributed by atoms with Crippen molar-refractivity contribution in [2.24, 2.45) is 0 Å². The largest absolute Gasteiger partial charge is 0.355 e. The molecule has 1 amide bonds. The first-order chi connectivity index (χ1) is 12.9. The van der Waals surface area contributed by atoms with Crippen molar-refractivity contribution >= 4 is 15.9 Å². The zero-order valence-corrected chi connectivity index (χ0v) is 16.6. The third-order valence-corrected chi connectivity index (χ3v) is 6.83. The summed E-state index contributed by atoms with van der Waals surface area (Å²) < 4.78 is 27.9. The van der Waals surface area contributed by atoms with Gasteiger partial charge in [-0.15, -0.1) is 0 Å². The highest BCUT2D eigenvalue weighted by Crippen LogP contribution is 2.29. The number of unbranched alkanes of at least 4 members (excludes halogenated alkanes) is 1. The molecule has 0 radical (unpaired) electrons. The molecule has 1 aliphatic heterocycles. The van der Waals surface area contributed by atoms with E-state index in [0.717, 1.165) is 29.5 Å². The fourth-order valence-electron chi connectivity index (χ4n) is 3.33. The lowest BCUT2D eigenvalue weighted by Gasteiger charge is -2.35. The van der Waals surface area contributed by atoms with Crippen molar-refractivity contribution in [1.82, 2.24) is 9.62 Å². The van der Waals surface area contributed by atoms with Crippen LogP contribution < -0.4 is 5.32 Å². The Labute approximate surface area is 161 Å². The van der Waals surface area contributed by atoms with E-state index in [1.807, 2.05) is 31.2 Å². The summed E-state index contributed by atoms with van der Waals surface area (Å²) in [4.78, 5) is 13.0. The van der Waals surface area contributed by atoms with Gasteiger partial charge in [-0.25, -0.2) is 8.42 Å². The second-order valence-electron chi connectivity index (χ2n) is 7.00. The average molecular weight is 387 g/mol.